The smallest absolute Gasteiger partial charge is 0.237 e. The number of carbonyl (C=O) groups is 1. The highest BCUT2D eigenvalue weighted by atomic mass is 16.2. The van der Waals surface area contributed by atoms with Crippen LogP contribution in [0, 0.1) is 26.2 Å². The summed E-state index contributed by atoms with van der Waals surface area (Å²) in [6.07, 6.45) is 12.7. The Bertz CT molecular complexity index is 1110. The number of anilines is 1. The zero-order valence-electron chi connectivity index (χ0n) is 23.9. The predicted molar refractivity (Wildman–Crippen MR) is 157 cm³/mol. The standard InChI is InChI=1S/C33H48N4O/c1-23-18-24(2)27(25(3)19-23)21-29(34)32(38)36-31-10-15-35-30-9-8-26(20-28(30)31)22-37-16-7-13-33(14-17-37)11-5-4-6-12-33/h8-9,18-20,29,31,35H,4-7,10-17,21-22,34H2,1-3H3,(H,36,38). The fourth-order valence-corrected chi connectivity index (χ4v) is 7.47. The Balaban J connectivity index is 1.23. The molecule has 2 aliphatic heterocycles. The molecule has 5 nitrogen and oxygen atoms in total. The number of benzene rings is 2. The van der Waals surface area contributed by atoms with E-state index in [2.05, 4.69) is 66.6 Å². The minimum absolute atomic E-state index is 0.000367. The summed E-state index contributed by atoms with van der Waals surface area (Å²) in [4.78, 5) is 15.9. The molecule has 2 fully saturated rings. The van der Waals surface area contributed by atoms with Gasteiger partial charge in [0.05, 0.1) is 12.1 Å². The van der Waals surface area contributed by atoms with E-state index in [1.807, 2.05) is 0 Å². The molecule has 2 unspecified atom stereocenters. The molecule has 1 amide bonds. The van der Waals surface area contributed by atoms with Crippen LogP contribution in [0.15, 0.2) is 30.3 Å². The highest BCUT2D eigenvalue weighted by molar-refractivity contribution is 5.82. The first-order valence-electron chi connectivity index (χ1n) is 15.0. The highest BCUT2D eigenvalue weighted by Gasteiger charge is 2.34. The van der Waals surface area contributed by atoms with E-state index in [1.54, 1.807) is 0 Å². The maximum Gasteiger partial charge on any atom is 0.237 e. The van der Waals surface area contributed by atoms with E-state index in [4.69, 9.17) is 5.73 Å². The summed E-state index contributed by atoms with van der Waals surface area (Å²) in [6.45, 7) is 10.6. The molecule has 2 atom stereocenters. The molecule has 5 rings (SSSR count). The normalized spacial score (nSPS) is 22.3. The second-order valence-corrected chi connectivity index (χ2v) is 12.6. The third kappa shape index (κ3) is 6.26. The van der Waals surface area contributed by atoms with Crippen molar-refractivity contribution in [2.45, 2.75) is 104 Å². The molecule has 5 heteroatoms. The molecule has 2 aromatic carbocycles. The lowest BCUT2D eigenvalue weighted by Gasteiger charge is -2.36. The Morgan fingerprint density at radius 3 is 2.53 bits per heavy atom. The van der Waals surface area contributed by atoms with Gasteiger partial charge in [0.1, 0.15) is 0 Å². The number of nitrogens with zero attached hydrogens (tertiary/aromatic N) is 1. The van der Waals surface area contributed by atoms with Crippen molar-refractivity contribution in [1.29, 1.82) is 0 Å². The number of hydrogen-bond donors (Lipinski definition) is 3. The summed E-state index contributed by atoms with van der Waals surface area (Å²) in [5.74, 6) is -0.0575. The van der Waals surface area contributed by atoms with Crippen LogP contribution in [0.1, 0.15) is 97.2 Å². The summed E-state index contributed by atoms with van der Waals surface area (Å²) in [5, 5.41) is 6.85. The van der Waals surface area contributed by atoms with E-state index in [1.165, 1.54) is 97.8 Å². The van der Waals surface area contributed by atoms with Gasteiger partial charge in [0.2, 0.25) is 5.91 Å². The molecule has 0 aromatic heterocycles. The Morgan fingerprint density at radius 2 is 1.76 bits per heavy atom. The van der Waals surface area contributed by atoms with Crippen molar-refractivity contribution >= 4 is 11.6 Å². The maximum atomic E-state index is 13.2. The van der Waals surface area contributed by atoms with Gasteiger partial charge < -0.3 is 16.4 Å². The minimum Gasteiger partial charge on any atom is -0.385 e. The third-order valence-corrected chi connectivity index (χ3v) is 9.62. The zero-order valence-corrected chi connectivity index (χ0v) is 23.9. The van der Waals surface area contributed by atoms with Crippen molar-refractivity contribution in [3.8, 4) is 0 Å². The molecule has 1 saturated carbocycles. The second kappa shape index (κ2) is 11.8. The summed E-state index contributed by atoms with van der Waals surface area (Å²) in [5.41, 5.74) is 15.6. The quantitative estimate of drug-likeness (QED) is 0.434. The van der Waals surface area contributed by atoms with Gasteiger partial charge in [-0.3, -0.25) is 9.69 Å². The molecule has 3 aliphatic rings. The average molecular weight is 517 g/mol. The van der Waals surface area contributed by atoms with Crippen LogP contribution in [0.2, 0.25) is 0 Å². The maximum absolute atomic E-state index is 13.2. The number of nitrogens with one attached hydrogen (secondary N) is 2. The number of carbonyl (C=O) groups excluding carboxylic acids is 1. The molecular weight excluding hydrogens is 468 g/mol. The van der Waals surface area contributed by atoms with Gasteiger partial charge >= 0.3 is 0 Å². The Morgan fingerprint density at radius 1 is 1.03 bits per heavy atom. The number of nitrogens with two attached hydrogens (primary N) is 1. The van der Waals surface area contributed by atoms with Crippen LogP contribution in [-0.4, -0.2) is 36.5 Å². The van der Waals surface area contributed by atoms with Crippen molar-refractivity contribution in [2.24, 2.45) is 11.1 Å². The zero-order chi connectivity index (χ0) is 26.7. The van der Waals surface area contributed by atoms with E-state index in [9.17, 15) is 4.79 Å². The van der Waals surface area contributed by atoms with Gasteiger partial charge in [0, 0.05) is 18.8 Å². The van der Waals surface area contributed by atoms with E-state index in [-0.39, 0.29) is 11.9 Å². The monoisotopic (exact) mass is 516 g/mol. The molecule has 4 N–H and O–H groups in total. The van der Waals surface area contributed by atoms with Gasteiger partial charge in [-0.15, -0.1) is 0 Å². The van der Waals surface area contributed by atoms with Crippen LogP contribution in [0.25, 0.3) is 0 Å². The fourth-order valence-electron chi connectivity index (χ4n) is 7.47. The molecule has 1 saturated heterocycles. The highest BCUT2D eigenvalue weighted by Crippen LogP contribution is 2.44. The average Bonchev–Trinajstić information content (AvgIpc) is 3.08. The molecular formula is C33H48N4O. The van der Waals surface area contributed by atoms with Crippen molar-refractivity contribution in [3.63, 3.8) is 0 Å². The van der Waals surface area contributed by atoms with Crippen molar-refractivity contribution in [1.82, 2.24) is 10.2 Å². The van der Waals surface area contributed by atoms with Crippen molar-refractivity contribution < 1.29 is 4.79 Å². The summed E-state index contributed by atoms with van der Waals surface area (Å²) in [6, 6.07) is 10.6. The fraction of sp³-hybridized carbons (Fsp3) is 0.606. The minimum atomic E-state index is -0.555. The van der Waals surface area contributed by atoms with Gasteiger partial charge in [-0.05, 0) is 118 Å². The molecule has 0 bridgehead atoms. The first-order chi connectivity index (χ1) is 18.3. The first kappa shape index (κ1) is 27.2. The number of hydrogen-bond acceptors (Lipinski definition) is 4. The lowest BCUT2D eigenvalue weighted by Crippen LogP contribution is -2.44. The van der Waals surface area contributed by atoms with E-state index in [0.717, 1.165) is 25.2 Å². The van der Waals surface area contributed by atoms with Gasteiger partial charge in [-0.1, -0.05) is 49.1 Å². The van der Waals surface area contributed by atoms with Crippen LogP contribution in [-0.2, 0) is 17.8 Å². The number of rotatable bonds is 6. The topological polar surface area (TPSA) is 70.4 Å². The molecule has 2 aromatic rings. The molecule has 0 radical (unpaired) electrons. The van der Waals surface area contributed by atoms with Gasteiger partial charge in [-0.25, -0.2) is 0 Å². The molecule has 1 spiro atoms. The summed E-state index contributed by atoms with van der Waals surface area (Å²) < 4.78 is 0. The van der Waals surface area contributed by atoms with Gasteiger partial charge in [0.15, 0.2) is 0 Å². The number of amides is 1. The lowest BCUT2D eigenvalue weighted by molar-refractivity contribution is -0.123. The van der Waals surface area contributed by atoms with Crippen LogP contribution < -0.4 is 16.4 Å². The SMILES string of the molecule is Cc1cc(C)c(CC(N)C(=O)NC2CCNc3ccc(CN4CCCC5(CCCCC5)CC4)cc32)c(C)c1. The number of fused-ring (bicyclic) bond motifs is 1. The van der Waals surface area contributed by atoms with Gasteiger partial charge in [-0.2, -0.15) is 0 Å². The molecule has 2 heterocycles. The van der Waals surface area contributed by atoms with E-state index < -0.39 is 6.04 Å². The lowest BCUT2D eigenvalue weighted by atomic mass is 9.69. The van der Waals surface area contributed by atoms with Crippen LogP contribution in [0.4, 0.5) is 5.69 Å². The largest absolute Gasteiger partial charge is 0.385 e. The van der Waals surface area contributed by atoms with E-state index >= 15 is 0 Å². The summed E-state index contributed by atoms with van der Waals surface area (Å²) in [7, 11) is 0. The third-order valence-electron chi connectivity index (χ3n) is 9.62. The Hall–Kier alpha value is -2.37. The summed E-state index contributed by atoms with van der Waals surface area (Å²) >= 11 is 0. The Kier molecular flexibility index (Phi) is 8.44. The van der Waals surface area contributed by atoms with E-state index in [0.29, 0.717) is 11.8 Å². The van der Waals surface area contributed by atoms with Gasteiger partial charge in [0.25, 0.3) is 0 Å². The molecule has 206 valence electrons. The number of likely N-dealkylation sites (tertiary alicyclic amines) is 1. The van der Waals surface area contributed by atoms with Crippen LogP contribution in [0.5, 0.6) is 0 Å². The molecule has 1 aliphatic carbocycles. The second-order valence-electron chi connectivity index (χ2n) is 12.6. The molecule has 38 heavy (non-hydrogen) atoms. The first-order valence-corrected chi connectivity index (χ1v) is 15.0. The van der Waals surface area contributed by atoms with Crippen LogP contribution >= 0.6 is 0 Å². The predicted octanol–water partition coefficient (Wildman–Crippen LogP) is 6.09. The van der Waals surface area contributed by atoms with Crippen molar-refractivity contribution in [3.05, 3.63) is 63.7 Å². The Labute approximate surface area is 229 Å². The van der Waals surface area contributed by atoms with Crippen molar-refractivity contribution in [2.75, 3.05) is 25.0 Å². The number of aryl methyl sites for hydroxylation is 3. The van der Waals surface area contributed by atoms with Crippen LogP contribution in [0.3, 0.4) is 0 Å².